The van der Waals surface area contributed by atoms with Gasteiger partial charge in [0.05, 0.1) is 0 Å². The fourth-order valence-corrected chi connectivity index (χ4v) is 2.37. The molecule has 0 radical (unpaired) electrons. The summed E-state index contributed by atoms with van der Waals surface area (Å²) in [5, 5.41) is 9.71. The Balaban J connectivity index is 2.81. The monoisotopic (exact) mass is 239 g/mol. The molecular formula is C11H20F3NO. The maximum atomic E-state index is 12.8. The minimum absolute atomic E-state index is 0.423. The van der Waals surface area contributed by atoms with Gasteiger partial charge in [-0.25, -0.2) is 0 Å². The molecule has 1 aliphatic rings. The van der Waals surface area contributed by atoms with E-state index in [-0.39, 0.29) is 0 Å². The van der Waals surface area contributed by atoms with Crippen LogP contribution in [0.15, 0.2) is 0 Å². The SMILES string of the molecule is CCCN1CCCCC1C(C)(O)C(F)(F)F. The van der Waals surface area contributed by atoms with Crippen molar-refractivity contribution in [1.29, 1.82) is 0 Å². The second-order valence-electron chi connectivity index (χ2n) is 4.69. The minimum Gasteiger partial charge on any atom is -0.379 e. The first-order valence-corrected chi connectivity index (χ1v) is 5.84. The number of hydrogen-bond donors (Lipinski definition) is 1. The van der Waals surface area contributed by atoms with Gasteiger partial charge in [0, 0.05) is 6.04 Å². The number of alkyl halides is 3. The summed E-state index contributed by atoms with van der Waals surface area (Å²) in [6, 6.07) is -0.791. The van der Waals surface area contributed by atoms with Gasteiger partial charge in [0.25, 0.3) is 0 Å². The molecular weight excluding hydrogens is 219 g/mol. The summed E-state index contributed by atoms with van der Waals surface area (Å²) < 4.78 is 38.3. The first kappa shape index (κ1) is 13.8. The Hall–Kier alpha value is -0.290. The van der Waals surface area contributed by atoms with Gasteiger partial charge in [-0.2, -0.15) is 13.2 Å². The van der Waals surface area contributed by atoms with Crippen molar-refractivity contribution >= 4 is 0 Å². The van der Waals surface area contributed by atoms with Gasteiger partial charge < -0.3 is 5.11 Å². The predicted octanol–water partition coefficient (Wildman–Crippen LogP) is 2.56. The molecule has 1 saturated heterocycles. The Labute approximate surface area is 94.4 Å². The third kappa shape index (κ3) is 2.69. The lowest BCUT2D eigenvalue weighted by molar-refractivity contribution is -0.276. The predicted molar refractivity (Wildman–Crippen MR) is 56.2 cm³/mol. The molecule has 1 aliphatic heterocycles. The largest absolute Gasteiger partial charge is 0.418 e. The molecule has 1 fully saturated rings. The maximum Gasteiger partial charge on any atom is 0.418 e. The molecule has 0 aromatic carbocycles. The van der Waals surface area contributed by atoms with Crippen LogP contribution in [0.5, 0.6) is 0 Å². The van der Waals surface area contributed by atoms with E-state index in [2.05, 4.69) is 0 Å². The normalized spacial score (nSPS) is 27.8. The van der Waals surface area contributed by atoms with Gasteiger partial charge in [0.1, 0.15) is 0 Å². The number of halogens is 3. The Bertz CT molecular complexity index is 226. The van der Waals surface area contributed by atoms with Crippen LogP contribution in [0.4, 0.5) is 13.2 Å². The van der Waals surface area contributed by atoms with Crippen molar-refractivity contribution in [3.8, 4) is 0 Å². The summed E-state index contributed by atoms with van der Waals surface area (Å²) in [7, 11) is 0. The van der Waals surface area contributed by atoms with Crippen LogP contribution in [-0.2, 0) is 0 Å². The van der Waals surface area contributed by atoms with Crippen molar-refractivity contribution in [3.63, 3.8) is 0 Å². The highest BCUT2D eigenvalue weighted by atomic mass is 19.4. The smallest absolute Gasteiger partial charge is 0.379 e. The maximum absolute atomic E-state index is 12.8. The molecule has 0 bridgehead atoms. The van der Waals surface area contributed by atoms with Crippen molar-refractivity contribution in [2.45, 2.75) is 57.3 Å². The standard InChI is InChI=1S/C11H20F3NO/c1-3-7-15-8-5-4-6-9(15)10(2,16)11(12,13)14/h9,16H,3-8H2,1-2H3. The lowest BCUT2D eigenvalue weighted by Crippen LogP contribution is -2.60. The third-order valence-electron chi connectivity index (χ3n) is 3.35. The zero-order chi connectivity index (χ0) is 12.4. The molecule has 0 saturated carbocycles. The van der Waals surface area contributed by atoms with E-state index < -0.39 is 17.8 Å². The lowest BCUT2D eigenvalue weighted by Gasteiger charge is -2.44. The van der Waals surface area contributed by atoms with Crippen molar-refractivity contribution in [2.75, 3.05) is 13.1 Å². The van der Waals surface area contributed by atoms with Crippen molar-refractivity contribution in [1.82, 2.24) is 4.90 Å². The number of rotatable bonds is 3. The van der Waals surface area contributed by atoms with Gasteiger partial charge in [0.15, 0.2) is 5.60 Å². The average molecular weight is 239 g/mol. The molecule has 96 valence electrons. The van der Waals surface area contributed by atoms with Gasteiger partial charge in [-0.05, 0) is 39.3 Å². The molecule has 2 unspecified atom stereocenters. The van der Waals surface area contributed by atoms with Crippen LogP contribution in [0.2, 0.25) is 0 Å². The van der Waals surface area contributed by atoms with Gasteiger partial charge in [-0.3, -0.25) is 4.90 Å². The highest BCUT2D eigenvalue weighted by Crippen LogP contribution is 2.38. The van der Waals surface area contributed by atoms with E-state index in [4.69, 9.17) is 0 Å². The highest BCUT2D eigenvalue weighted by molar-refractivity contribution is 4.96. The Morgan fingerprint density at radius 1 is 1.31 bits per heavy atom. The molecule has 0 aromatic heterocycles. The summed E-state index contributed by atoms with van der Waals surface area (Å²) in [4.78, 5) is 1.77. The van der Waals surface area contributed by atoms with Crippen LogP contribution in [0.3, 0.4) is 0 Å². The fraction of sp³-hybridized carbons (Fsp3) is 1.00. The van der Waals surface area contributed by atoms with Crippen LogP contribution in [0.25, 0.3) is 0 Å². The van der Waals surface area contributed by atoms with Crippen molar-refractivity contribution in [2.24, 2.45) is 0 Å². The molecule has 1 rings (SSSR count). The van der Waals surface area contributed by atoms with Crippen molar-refractivity contribution < 1.29 is 18.3 Å². The van der Waals surface area contributed by atoms with Crippen molar-refractivity contribution in [3.05, 3.63) is 0 Å². The van der Waals surface area contributed by atoms with E-state index in [1.807, 2.05) is 6.92 Å². The molecule has 0 aliphatic carbocycles. The highest BCUT2D eigenvalue weighted by Gasteiger charge is 2.56. The Kier molecular flexibility index (Phi) is 4.23. The van der Waals surface area contributed by atoms with E-state index in [0.29, 0.717) is 19.5 Å². The number of likely N-dealkylation sites (tertiary alicyclic amines) is 1. The fourth-order valence-electron chi connectivity index (χ4n) is 2.37. The van der Waals surface area contributed by atoms with E-state index in [1.54, 1.807) is 4.90 Å². The van der Waals surface area contributed by atoms with Crippen LogP contribution >= 0.6 is 0 Å². The summed E-state index contributed by atoms with van der Waals surface area (Å²) in [5.74, 6) is 0. The summed E-state index contributed by atoms with van der Waals surface area (Å²) in [5.41, 5.74) is -2.59. The second-order valence-corrected chi connectivity index (χ2v) is 4.69. The van der Waals surface area contributed by atoms with Crippen LogP contribution in [0.1, 0.15) is 39.5 Å². The van der Waals surface area contributed by atoms with Gasteiger partial charge in [0.2, 0.25) is 0 Å². The molecule has 2 nitrogen and oxygen atoms in total. The van der Waals surface area contributed by atoms with E-state index >= 15 is 0 Å². The molecule has 0 spiro atoms. The number of hydrogen-bond acceptors (Lipinski definition) is 2. The topological polar surface area (TPSA) is 23.5 Å². The Morgan fingerprint density at radius 2 is 1.94 bits per heavy atom. The van der Waals surface area contributed by atoms with Gasteiger partial charge >= 0.3 is 6.18 Å². The van der Waals surface area contributed by atoms with Crippen LogP contribution < -0.4 is 0 Å². The number of aliphatic hydroxyl groups is 1. The van der Waals surface area contributed by atoms with Crippen LogP contribution in [0, 0.1) is 0 Å². The second kappa shape index (κ2) is 4.92. The molecule has 1 heterocycles. The molecule has 0 aromatic rings. The quantitative estimate of drug-likeness (QED) is 0.818. The molecule has 1 N–H and O–H groups in total. The molecule has 5 heteroatoms. The van der Waals surface area contributed by atoms with E-state index in [0.717, 1.165) is 26.2 Å². The molecule has 0 amide bonds. The Morgan fingerprint density at radius 3 is 2.44 bits per heavy atom. The van der Waals surface area contributed by atoms with E-state index in [9.17, 15) is 18.3 Å². The number of piperidine rings is 1. The summed E-state index contributed by atoms with van der Waals surface area (Å²) in [6.45, 7) is 4.11. The van der Waals surface area contributed by atoms with Crippen LogP contribution in [-0.4, -0.2) is 40.9 Å². The zero-order valence-electron chi connectivity index (χ0n) is 9.85. The summed E-state index contributed by atoms with van der Waals surface area (Å²) >= 11 is 0. The zero-order valence-corrected chi connectivity index (χ0v) is 9.85. The average Bonchev–Trinajstić information content (AvgIpc) is 2.17. The van der Waals surface area contributed by atoms with E-state index in [1.165, 1.54) is 0 Å². The molecule has 2 atom stereocenters. The van der Waals surface area contributed by atoms with Gasteiger partial charge in [-0.15, -0.1) is 0 Å². The minimum atomic E-state index is -4.55. The first-order chi connectivity index (χ1) is 7.30. The lowest BCUT2D eigenvalue weighted by atomic mass is 9.87. The first-order valence-electron chi connectivity index (χ1n) is 5.84. The molecule has 16 heavy (non-hydrogen) atoms. The summed E-state index contributed by atoms with van der Waals surface area (Å²) in [6.07, 6.45) is -1.64. The van der Waals surface area contributed by atoms with Gasteiger partial charge in [-0.1, -0.05) is 13.3 Å². The number of nitrogens with zero attached hydrogens (tertiary/aromatic N) is 1. The third-order valence-corrected chi connectivity index (χ3v) is 3.35.